The van der Waals surface area contributed by atoms with Crippen molar-refractivity contribution in [3.63, 3.8) is 0 Å². The van der Waals surface area contributed by atoms with Crippen molar-refractivity contribution in [2.45, 2.75) is 82.2 Å². The highest BCUT2D eigenvalue weighted by atomic mass is 32.2. The second-order valence-electron chi connectivity index (χ2n) is 6.00. The molecule has 0 aromatic rings. The highest BCUT2D eigenvalue weighted by Crippen LogP contribution is 2.31. The Morgan fingerprint density at radius 2 is 1.68 bits per heavy atom. The van der Waals surface area contributed by atoms with Crippen molar-refractivity contribution in [3.8, 4) is 0 Å². The Kier molecular flexibility index (Phi) is 6.02. The van der Waals surface area contributed by atoms with Crippen LogP contribution in [0, 0.1) is 0 Å². The summed E-state index contributed by atoms with van der Waals surface area (Å²) in [7, 11) is 0. The van der Waals surface area contributed by atoms with Crippen molar-refractivity contribution in [2.75, 3.05) is 5.75 Å². The Morgan fingerprint density at radius 3 is 2.32 bits per heavy atom. The molecular formula is C15H28N2OS. The summed E-state index contributed by atoms with van der Waals surface area (Å²) in [6, 6.07) is 1.84. The fraction of sp³-hybridized carbons (Fsp3) is 0.933. The van der Waals surface area contributed by atoms with Gasteiger partial charge in [0, 0.05) is 30.3 Å². The van der Waals surface area contributed by atoms with Crippen molar-refractivity contribution in [3.05, 3.63) is 0 Å². The molecule has 3 nitrogen and oxygen atoms in total. The Balaban J connectivity index is 1.64. The van der Waals surface area contributed by atoms with Crippen molar-refractivity contribution in [1.29, 1.82) is 0 Å². The zero-order valence-corrected chi connectivity index (χ0v) is 13.1. The zero-order valence-electron chi connectivity index (χ0n) is 12.3. The molecule has 19 heavy (non-hydrogen) atoms. The Bertz CT molecular complexity index is 290. The molecular weight excluding hydrogens is 256 g/mol. The number of rotatable bonds is 5. The van der Waals surface area contributed by atoms with Crippen LogP contribution in [0.2, 0.25) is 0 Å². The van der Waals surface area contributed by atoms with Crippen LogP contribution in [0.4, 0.5) is 0 Å². The van der Waals surface area contributed by atoms with Gasteiger partial charge in [-0.15, -0.1) is 0 Å². The second-order valence-corrected chi connectivity index (χ2v) is 7.58. The van der Waals surface area contributed by atoms with Crippen molar-refractivity contribution in [2.24, 2.45) is 0 Å². The van der Waals surface area contributed by atoms with Crippen LogP contribution in [-0.4, -0.2) is 35.0 Å². The number of hydrogen-bond acceptors (Lipinski definition) is 3. The van der Waals surface area contributed by atoms with E-state index in [1.807, 2.05) is 0 Å². The number of carbonyl (C=O) groups excluding carboxylic acids is 1. The number of carbonyl (C=O) groups is 1. The van der Waals surface area contributed by atoms with Crippen LogP contribution < -0.4 is 10.6 Å². The Morgan fingerprint density at radius 1 is 1.05 bits per heavy atom. The second kappa shape index (κ2) is 7.53. The number of nitrogens with one attached hydrogen (secondary N) is 2. The third-order valence-electron chi connectivity index (χ3n) is 4.39. The molecule has 0 saturated heterocycles. The van der Waals surface area contributed by atoms with Gasteiger partial charge in [0.05, 0.1) is 0 Å². The number of amides is 1. The summed E-state index contributed by atoms with van der Waals surface area (Å²) in [5, 5.41) is 7.79. The first-order chi connectivity index (χ1) is 9.17. The minimum Gasteiger partial charge on any atom is -0.354 e. The summed E-state index contributed by atoms with van der Waals surface area (Å²) in [5.74, 6) is 1.37. The zero-order chi connectivity index (χ0) is 13.7. The predicted molar refractivity (Wildman–Crippen MR) is 82.6 cm³/mol. The molecule has 0 bridgehead atoms. The molecule has 0 heterocycles. The first-order valence-corrected chi connectivity index (χ1v) is 8.87. The van der Waals surface area contributed by atoms with Gasteiger partial charge in [-0.25, -0.2) is 0 Å². The highest BCUT2D eigenvalue weighted by Gasteiger charge is 2.28. The smallest absolute Gasteiger partial charge is 0.217 e. The van der Waals surface area contributed by atoms with Gasteiger partial charge in [-0.1, -0.05) is 6.92 Å². The maximum Gasteiger partial charge on any atom is 0.217 e. The summed E-state index contributed by atoms with van der Waals surface area (Å²) in [6.07, 6.45) is 8.79. The minimum atomic E-state index is 0.117. The molecule has 1 amide bonds. The van der Waals surface area contributed by atoms with E-state index in [0.29, 0.717) is 12.1 Å². The molecule has 2 rings (SSSR count). The third-order valence-corrected chi connectivity index (χ3v) is 5.63. The van der Waals surface area contributed by atoms with E-state index in [1.54, 1.807) is 6.92 Å². The molecule has 2 saturated carbocycles. The summed E-state index contributed by atoms with van der Waals surface area (Å²) in [6.45, 7) is 3.88. The summed E-state index contributed by atoms with van der Waals surface area (Å²) in [4.78, 5) is 11.0. The summed E-state index contributed by atoms with van der Waals surface area (Å²) < 4.78 is 0. The fourth-order valence-corrected chi connectivity index (χ4v) is 4.65. The van der Waals surface area contributed by atoms with Crippen LogP contribution in [0.1, 0.15) is 58.8 Å². The third kappa shape index (κ3) is 4.99. The van der Waals surface area contributed by atoms with Gasteiger partial charge in [-0.2, -0.15) is 11.8 Å². The summed E-state index contributed by atoms with van der Waals surface area (Å²) >= 11 is 2.12. The van der Waals surface area contributed by atoms with Crippen LogP contribution in [0.15, 0.2) is 0 Å². The molecule has 0 unspecified atom stereocenters. The topological polar surface area (TPSA) is 41.1 Å². The van der Waals surface area contributed by atoms with E-state index in [4.69, 9.17) is 0 Å². The van der Waals surface area contributed by atoms with E-state index in [2.05, 4.69) is 29.3 Å². The highest BCUT2D eigenvalue weighted by molar-refractivity contribution is 7.99. The van der Waals surface area contributed by atoms with Crippen LogP contribution in [0.5, 0.6) is 0 Å². The molecule has 0 aromatic heterocycles. The lowest BCUT2D eigenvalue weighted by Crippen LogP contribution is -2.44. The maximum absolute atomic E-state index is 11.0. The Labute approximate surface area is 121 Å². The molecule has 0 spiro atoms. The average molecular weight is 284 g/mol. The van der Waals surface area contributed by atoms with Gasteiger partial charge in [0.25, 0.3) is 0 Å². The van der Waals surface area contributed by atoms with E-state index < -0.39 is 0 Å². The molecule has 0 aromatic carbocycles. The van der Waals surface area contributed by atoms with E-state index in [9.17, 15) is 4.79 Å². The van der Waals surface area contributed by atoms with Crippen molar-refractivity contribution < 1.29 is 4.79 Å². The normalized spacial score (nSPS) is 35.3. The van der Waals surface area contributed by atoms with Crippen LogP contribution >= 0.6 is 11.8 Å². The molecule has 110 valence electrons. The molecule has 0 radical (unpaired) electrons. The number of thioether (sulfide) groups is 1. The molecule has 2 aliphatic rings. The fourth-order valence-electron chi connectivity index (χ4n) is 3.50. The molecule has 2 fully saturated rings. The predicted octanol–water partition coefficient (Wildman–Crippen LogP) is 2.70. The quantitative estimate of drug-likeness (QED) is 0.815. The van der Waals surface area contributed by atoms with Crippen LogP contribution in [-0.2, 0) is 4.79 Å². The molecule has 2 aliphatic carbocycles. The van der Waals surface area contributed by atoms with Gasteiger partial charge < -0.3 is 10.6 Å². The monoisotopic (exact) mass is 284 g/mol. The van der Waals surface area contributed by atoms with E-state index >= 15 is 0 Å². The van der Waals surface area contributed by atoms with Gasteiger partial charge in [0.1, 0.15) is 0 Å². The van der Waals surface area contributed by atoms with Gasteiger partial charge in [-0.3, -0.25) is 4.79 Å². The van der Waals surface area contributed by atoms with E-state index in [1.165, 1.54) is 37.9 Å². The first-order valence-electron chi connectivity index (χ1n) is 7.82. The van der Waals surface area contributed by atoms with Gasteiger partial charge in [-0.05, 0) is 50.7 Å². The van der Waals surface area contributed by atoms with Crippen LogP contribution in [0.25, 0.3) is 0 Å². The van der Waals surface area contributed by atoms with Gasteiger partial charge >= 0.3 is 0 Å². The van der Waals surface area contributed by atoms with E-state index in [-0.39, 0.29) is 5.91 Å². The molecule has 4 heteroatoms. The van der Waals surface area contributed by atoms with Crippen LogP contribution in [0.3, 0.4) is 0 Å². The van der Waals surface area contributed by atoms with Gasteiger partial charge in [0.2, 0.25) is 5.91 Å². The molecule has 2 N–H and O–H groups in total. The van der Waals surface area contributed by atoms with Crippen molar-refractivity contribution in [1.82, 2.24) is 10.6 Å². The maximum atomic E-state index is 11.0. The van der Waals surface area contributed by atoms with Gasteiger partial charge in [0.15, 0.2) is 0 Å². The first kappa shape index (κ1) is 15.2. The lowest BCUT2D eigenvalue weighted by atomic mass is 9.90. The lowest BCUT2D eigenvalue weighted by Gasteiger charge is -2.31. The SMILES string of the molecule is CCS[C@@H]1CC[C@H](NC2CCC(NC(C)=O)CC2)C1. The molecule has 2 atom stereocenters. The standard InChI is InChI=1S/C15H28N2OS/c1-3-19-15-9-8-14(10-15)17-13-6-4-12(5-7-13)16-11(2)18/h12-15,17H,3-10H2,1-2H3,(H,16,18)/t12?,13?,14-,15+/m0/s1. The minimum absolute atomic E-state index is 0.117. The number of hydrogen-bond donors (Lipinski definition) is 2. The Hall–Kier alpha value is -0.220. The van der Waals surface area contributed by atoms with Crippen molar-refractivity contribution >= 4 is 17.7 Å². The van der Waals surface area contributed by atoms with E-state index in [0.717, 1.165) is 24.1 Å². The largest absolute Gasteiger partial charge is 0.354 e. The lowest BCUT2D eigenvalue weighted by molar-refractivity contribution is -0.119. The summed E-state index contributed by atoms with van der Waals surface area (Å²) in [5.41, 5.74) is 0. The average Bonchev–Trinajstić information content (AvgIpc) is 2.79. The molecule has 0 aliphatic heterocycles.